The van der Waals surface area contributed by atoms with Crippen molar-refractivity contribution in [2.75, 3.05) is 13.2 Å². The van der Waals surface area contributed by atoms with Crippen LogP contribution in [0.1, 0.15) is 71.6 Å². The van der Waals surface area contributed by atoms with Crippen LogP contribution in [-0.4, -0.2) is 23.4 Å². The van der Waals surface area contributed by atoms with Crippen LogP contribution in [0.2, 0.25) is 0 Å². The summed E-state index contributed by atoms with van der Waals surface area (Å²) in [7, 11) is 0. The molecule has 2 N–H and O–H groups in total. The molecule has 1 aliphatic carbocycles. The first-order chi connectivity index (χ1) is 7.33. The molecule has 94 valence electrons. The zero-order valence-electron chi connectivity index (χ0n) is 10.7. The van der Waals surface area contributed by atoms with E-state index in [1.165, 1.54) is 32.1 Å². The van der Waals surface area contributed by atoms with Crippen LogP contribution in [0.3, 0.4) is 0 Å². The van der Waals surface area contributed by atoms with Gasteiger partial charge >= 0.3 is 0 Å². The van der Waals surface area contributed by atoms with Gasteiger partial charge in [-0.05, 0) is 12.8 Å². The van der Waals surface area contributed by atoms with Crippen molar-refractivity contribution in [3.05, 3.63) is 0 Å². The normalized spacial score (nSPS) is 13.6. The van der Waals surface area contributed by atoms with Crippen molar-refractivity contribution >= 4 is 0 Å². The first-order valence-electron chi connectivity index (χ1n) is 6.55. The van der Waals surface area contributed by atoms with Crippen molar-refractivity contribution in [3.63, 3.8) is 0 Å². The van der Waals surface area contributed by atoms with E-state index in [4.69, 9.17) is 10.2 Å². The van der Waals surface area contributed by atoms with E-state index in [1.807, 2.05) is 0 Å². The van der Waals surface area contributed by atoms with E-state index in [2.05, 4.69) is 13.8 Å². The maximum atomic E-state index is 8.07. The van der Waals surface area contributed by atoms with E-state index in [0.29, 0.717) is 13.2 Å². The quantitative estimate of drug-likeness (QED) is 0.758. The predicted octanol–water partition coefficient (Wildman–Crippen LogP) is 3.51. The number of hydrogen-bond donors (Lipinski definition) is 2. The number of aliphatic hydroxyl groups excluding tert-OH is 2. The first kappa shape index (κ1) is 17.3. The average Bonchev–Trinajstić information content (AvgIpc) is 2.79. The Balaban J connectivity index is 0. The van der Waals surface area contributed by atoms with Gasteiger partial charge in [-0.15, -0.1) is 0 Å². The summed E-state index contributed by atoms with van der Waals surface area (Å²) in [4.78, 5) is 0. The molecule has 0 spiro atoms. The van der Waals surface area contributed by atoms with Gasteiger partial charge in [-0.2, -0.15) is 0 Å². The Labute approximate surface area is 95.7 Å². The van der Waals surface area contributed by atoms with Crippen molar-refractivity contribution in [2.45, 2.75) is 71.6 Å². The molecule has 0 aromatic carbocycles. The number of unbranched alkanes of at least 4 members (excludes halogenated alkanes) is 2. The van der Waals surface area contributed by atoms with Gasteiger partial charge in [0.2, 0.25) is 0 Å². The maximum Gasteiger partial charge on any atom is 0.0430 e. The summed E-state index contributed by atoms with van der Waals surface area (Å²) in [5.74, 6) is 0. The molecular weight excluding hydrogens is 188 g/mol. The molecule has 0 heterocycles. The highest BCUT2D eigenvalue weighted by atomic mass is 16.3. The number of aliphatic hydroxyl groups is 2. The lowest BCUT2D eigenvalue weighted by Gasteiger charge is -1.79. The van der Waals surface area contributed by atoms with Crippen LogP contribution in [0, 0.1) is 0 Å². The molecule has 0 bridgehead atoms. The van der Waals surface area contributed by atoms with Gasteiger partial charge in [0, 0.05) is 13.2 Å². The Morgan fingerprint density at radius 3 is 1.00 bits per heavy atom. The zero-order chi connectivity index (χ0) is 11.8. The molecule has 0 radical (unpaired) electrons. The highest BCUT2D eigenvalue weighted by Crippen LogP contribution is 2.15. The Bertz CT molecular complexity index is 63.0. The fraction of sp³-hybridized carbons (Fsp3) is 1.00. The summed E-state index contributed by atoms with van der Waals surface area (Å²) in [5, 5.41) is 16.1. The summed E-state index contributed by atoms with van der Waals surface area (Å²) in [6.07, 6.45) is 11.6. The molecule has 15 heavy (non-hydrogen) atoms. The third-order valence-electron chi connectivity index (χ3n) is 2.27. The largest absolute Gasteiger partial charge is 0.396 e. The Hall–Kier alpha value is -0.0800. The minimum Gasteiger partial charge on any atom is -0.396 e. The fourth-order valence-corrected chi connectivity index (χ4v) is 1.20. The standard InChI is InChI=1S/C5H10.2C4H10O/c1-2-4-5-3-1;2*1-2-3-4-5/h1-5H2;2*5H,2-4H2,1H3. The van der Waals surface area contributed by atoms with Crippen molar-refractivity contribution in [2.24, 2.45) is 0 Å². The van der Waals surface area contributed by atoms with Gasteiger partial charge in [0.25, 0.3) is 0 Å². The van der Waals surface area contributed by atoms with Crippen molar-refractivity contribution in [1.82, 2.24) is 0 Å². The second-order valence-corrected chi connectivity index (χ2v) is 3.92. The van der Waals surface area contributed by atoms with Crippen LogP contribution >= 0.6 is 0 Å². The Kier molecular flexibility index (Phi) is 22.5. The van der Waals surface area contributed by atoms with Gasteiger partial charge < -0.3 is 10.2 Å². The molecule has 1 saturated carbocycles. The summed E-state index contributed by atoms with van der Waals surface area (Å²) < 4.78 is 0. The van der Waals surface area contributed by atoms with Gasteiger partial charge in [-0.25, -0.2) is 0 Å². The molecule has 0 amide bonds. The molecular formula is C13H30O2. The average molecular weight is 218 g/mol. The lowest BCUT2D eigenvalue weighted by molar-refractivity contribution is 0.286. The van der Waals surface area contributed by atoms with Gasteiger partial charge in [0.15, 0.2) is 0 Å². The van der Waals surface area contributed by atoms with Crippen LogP contribution in [-0.2, 0) is 0 Å². The maximum absolute atomic E-state index is 8.07. The lowest BCUT2D eigenvalue weighted by Crippen LogP contribution is -1.75. The number of hydrogen-bond acceptors (Lipinski definition) is 2. The number of rotatable bonds is 4. The molecule has 2 nitrogen and oxygen atoms in total. The van der Waals surface area contributed by atoms with Crippen LogP contribution in [0.15, 0.2) is 0 Å². The van der Waals surface area contributed by atoms with E-state index < -0.39 is 0 Å². The SMILES string of the molecule is C1CCCC1.CCCCO.CCCCO. The van der Waals surface area contributed by atoms with Crippen LogP contribution in [0.25, 0.3) is 0 Å². The van der Waals surface area contributed by atoms with E-state index in [-0.39, 0.29) is 0 Å². The Morgan fingerprint density at radius 1 is 0.667 bits per heavy atom. The molecule has 2 heteroatoms. The van der Waals surface area contributed by atoms with Crippen LogP contribution < -0.4 is 0 Å². The summed E-state index contributed by atoms with van der Waals surface area (Å²) in [5.41, 5.74) is 0. The summed E-state index contributed by atoms with van der Waals surface area (Å²) in [6, 6.07) is 0. The zero-order valence-corrected chi connectivity index (χ0v) is 10.7. The van der Waals surface area contributed by atoms with Gasteiger partial charge in [0.05, 0.1) is 0 Å². The molecule has 1 aliphatic rings. The molecule has 0 aliphatic heterocycles. The summed E-state index contributed by atoms with van der Waals surface area (Å²) in [6.45, 7) is 4.79. The van der Waals surface area contributed by atoms with Crippen molar-refractivity contribution in [1.29, 1.82) is 0 Å². The van der Waals surface area contributed by atoms with Crippen LogP contribution in [0.5, 0.6) is 0 Å². The van der Waals surface area contributed by atoms with Gasteiger partial charge in [-0.3, -0.25) is 0 Å². The van der Waals surface area contributed by atoms with E-state index in [0.717, 1.165) is 25.7 Å². The minimum absolute atomic E-state index is 0.344. The smallest absolute Gasteiger partial charge is 0.0430 e. The second kappa shape index (κ2) is 19.5. The van der Waals surface area contributed by atoms with Crippen molar-refractivity contribution < 1.29 is 10.2 Å². The minimum atomic E-state index is 0.344. The monoisotopic (exact) mass is 218 g/mol. The topological polar surface area (TPSA) is 40.5 Å². The van der Waals surface area contributed by atoms with Gasteiger partial charge in [0.1, 0.15) is 0 Å². The predicted molar refractivity (Wildman–Crippen MR) is 67.1 cm³/mol. The molecule has 0 saturated heterocycles. The van der Waals surface area contributed by atoms with Crippen LogP contribution in [0.4, 0.5) is 0 Å². The molecule has 1 fully saturated rings. The molecule has 0 unspecified atom stereocenters. The first-order valence-corrected chi connectivity index (χ1v) is 6.55. The van der Waals surface area contributed by atoms with E-state index in [9.17, 15) is 0 Å². The summed E-state index contributed by atoms with van der Waals surface area (Å²) >= 11 is 0. The fourth-order valence-electron chi connectivity index (χ4n) is 1.20. The van der Waals surface area contributed by atoms with Gasteiger partial charge in [-0.1, -0.05) is 58.8 Å². The highest BCUT2D eigenvalue weighted by molar-refractivity contribution is 4.51. The Morgan fingerprint density at radius 2 is 0.933 bits per heavy atom. The highest BCUT2D eigenvalue weighted by Gasteiger charge is 1.95. The molecule has 0 atom stereocenters. The molecule has 0 aromatic heterocycles. The van der Waals surface area contributed by atoms with E-state index in [1.54, 1.807) is 0 Å². The third-order valence-corrected chi connectivity index (χ3v) is 2.27. The van der Waals surface area contributed by atoms with Crippen molar-refractivity contribution in [3.8, 4) is 0 Å². The lowest BCUT2D eigenvalue weighted by atomic mass is 10.4. The molecule has 1 rings (SSSR count). The third kappa shape index (κ3) is 24.9. The molecule has 0 aromatic rings. The second-order valence-electron chi connectivity index (χ2n) is 3.92. The van der Waals surface area contributed by atoms with E-state index >= 15 is 0 Å².